The third-order valence-electron chi connectivity index (χ3n) is 2.82. The minimum Gasteiger partial charge on any atom is -0.435 e. The number of benzene rings is 2. The van der Waals surface area contributed by atoms with Crippen molar-refractivity contribution in [3.8, 4) is 5.75 Å². The Morgan fingerprint density at radius 2 is 2.00 bits per heavy atom. The standard InChI is InChI=1S/C15H14ClF2NOS/c1-9-6-12(19)3-5-14(9)21-8-10-7-11(16)2-4-13(10)20-15(17)18/h2-7,15H,8,19H2,1H3. The van der Waals surface area contributed by atoms with Crippen LogP contribution < -0.4 is 10.5 Å². The Bertz CT molecular complexity index is 637. The number of ether oxygens (including phenoxy) is 1. The molecule has 0 heterocycles. The molecule has 21 heavy (non-hydrogen) atoms. The molecule has 0 atom stereocenters. The molecular weight excluding hydrogens is 316 g/mol. The van der Waals surface area contributed by atoms with Gasteiger partial charge in [0, 0.05) is 26.9 Å². The zero-order valence-electron chi connectivity index (χ0n) is 11.3. The number of hydrogen-bond donors (Lipinski definition) is 1. The summed E-state index contributed by atoms with van der Waals surface area (Å²) in [6.45, 7) is -0.902. The van der Waals surface area contributed by atoms with Gasteiger partial charge in [-0.05, 0) is 48.9 Å². The van der Waals surface area contributed by atoms with E-state index >= 15 is 0 Å². The molecule has 2 nitrogen and oxygen atoms in total. The number of alkyl halides is 2. The number of halogens is 3. The second kappa shape index (κ2) is 7.00. The second-order valence-electron chi connectivity index (χ2n) is 4.44. The highest BCUT2D eigenvalue weighted by Crippen LogP contribution is 2.32. The molecule has 0 saturated heterocycles. The minimum absolute atomic E-state index is 0.148. The van der Waals surface area contributed by atoms with Crippen LogP contribution in [0.15, 0.2) is 41.3 Å². The van der Waals surface area contributed by atoms with Crippen molar-refractivity contribution in [2.45, 2.75) is 24.2 Å². The Morgan fingerprint density at radius 1 is 1.24 bits per heavy atom. The number of nitrogens with two attached hydrogens (primary N) is 1. The highest BCUT2D eigenvalue weighted by molar-refractivity contribution is 7.98. The van der Waals surface area contributed by atoms with Crippen LogP contribution in [0.4, 0.5) is 14.5 Å². The van der Waals surface area contributed by atoms with Crippen LogP contribution in [0.3, 0.4) is 0 Å². The van der Waals surface area contributed by atoms with E-state index in [1.807, 2.05) is 25.1 Å². The molecule has 2 aromatic rings. The zero-order valence-corrected chi connectivity index (χ0v) is 12.8. The summed E-state index contributed by atoms with van der Waals surface area (Å²) in [4.78, 5) is 1.03. The molecule has 0 spiro atoms. The first kappa shape index (κ1) is 15.9. The summed E-state index contributed by atoms with van der Waals surface area (Å²) in [6, 6.07) is 10.2. The van der Waals surface area contributed by atoms with Gasteiger partial charge in [0.05, 0.1) is 0 Å². The normalized spacial score (nSPS) is 10.9. The molecule has 0 aliphatic carbocycles. The van der Waals surface area contributed by atoms with Crippen molar-refractivity contribution in [1.82, 2.24) is 0 Å². The van der Waals surface area contributed by atoms with Crippen LogP contribution in [0.1, 0.15) is 11.1 Å². The first-order valence-corrected chi connectivity index (χ1v) is 7.54. The van der Waals surface area contributed by atoms with Crippen LogP contribution in [0.25, 0.3) is 0 Å². The molecule has 0 aliphatic rings. The van der Waals surface area contributed by atoms with E-state index in [-0.39, 0.29) is 5.75 Å². The Balaban J connectivity index is 2.16. The van der Waals surface area contributed by atoms with Crippen molar-refractivity contribution in [3.63, 3.8) is 0 Å². The fourth-order valence-corrected chi connectivity index (χ4v) is 3.04. The molecule has 2 rings (SSSR count). The predicted octanol–water partition coefficient (Wildman–Crippen LogP) is 5.12. The minimum atomic E-state index is -2.85. The fourth-order valence-electron chi connectivity index (χ4n) is 1.86. The van der Waals surface area contributed by atoms with E-state index in [9.17, 15) is 8.78 Å². The predicted molar refractivity (Wildman–Crippen MR) is 83.2 cm³/mol. The first-order chi connectivity index (χ1) is 9.95. The maximum atomic E-state index is 12.4. The van der Waals surface area contributed by atoms with Gasteiger partial charge in [-0.15, -0.1) is 11.8 Å². The van der Waals surface area contributed by atoms with Gasteiger partial charge in [0.2, 0.25) is 0 Å². The van der Waals surface area contributed by atoms with Gasteiger partial charge in [0.25, 0.3) is 0 Å². The molecule has 0 aliphatic heterocycles. The van der Waals surface area contributed by atoms with Crippen molar-refractivity contribution >= 4 is 29.1 Å². The number of rotatable bonds is 5. The zero-order chi connectivity index (χ0) is 15.4. The topological polar surface area (TPSA) is 35.2 Å². The average Bonchev–Trinajstić information content (AvgIpc) is 2.40. The van der Waals surface area contributed by atoms with Crippen molar-refractivity contribution in [3.05, 3.63) is 52.5 Å². The van der Waals surface area contributed by atoms with Crippen molar-refractivity contribution < 1.29 is 13.5 Å². The quantitative estimate of drug-likeness (QED) is 0.610. The monoisotopic (exact) mass is 329 g/mol. The summed E-state index contributed by atoms with van der Waals surface area (Å²) in [5, 5.41) is 0.487. The number of aryl methyl sites for hydroxylation is 1. The van der Waals surface area contributed by atoms with Crippen LogP contribution in [-0.4, -0.2) is 6.61 Å². The van der Waals surface area contributed by atoms with E-state index in [4.69, 9.17) is 17.3 Å². The van der Waals surface area contributed by atoms with Crippen LogP contribution >= 0.6 is 23.4 Å². The summed E-state index contributed by atoms with van der Waals surface area (Å²) in [7, 11) is 0. The van der Waals surface area contributed by atoms with Gasteiger partial charge < -0.3 is 10.5 Å². The maximum Gasteiger partial charge on any atom is 0.387 e. The molecule has 0 unspecified atom stereocenters. The van der Waals surface area contributed by atoms with Crippen LogP contribution in [0.2, 0.25) is 5.02 Å². The van der Waals surface area contributed by atoms with Crippen molar-refractivity contribution in [2.24, 2.45) is 0 Å². The van der Waals surface area contributed by atoms with Crippen molar-refractivity contribution in [1.29, 1.82) is 0 Å². The Hall–Kier alpha value is -1.46. The van der Waals surface area contributed by atoms with E-state index < -0.39 is 6.61 Å². The molecule has 6 heteroatoms. The van der Waals surface area contributed by atoms with Crippen LogP contribution in [0, 0.1) is 6.92 Å². The molecule has 0 saturated carbocycles. The SMILES string of the molecule is Cc1cc(N)ccc1SCc1cc(Cl)ccc1OC(F)F. The van der Waals surface area contributed by atoms with E-state index in [1.54, 1.807) is 6.07 Å². The van der Waals surface area contributed by atoms with E-state index in [1.165, 1.54) is 23.9 Å². The highest BCUT2D eigenvalue weighted by Gasteiger charge is 2.11. The Kier molecular flexibility index (Phi) is 5.31. The molecule has 0 bridgehead atoms. The number of anilines is 1. The lowest BCUT2D eigenvalue weighted by Crippen LogP contribution is -2.04. The average molecular weight is 330 g/mol. The lowest BCUT2D eigenvalue weighted by molar-refractivity contribution is -0.0503. The summed E-state index contributed by atoms with van der Waals surface area (Å²) in [6.07, 6.45) is 0. The summed E-state index contributed by atoms with van der Waals surface area (Å²) in [5.41, 5.74) is 8.07. The Labute approximate surface area is 131 Å². The van der Waals surface area contributed by atoms with Gasteiger partial charge in [-0.25, -0.2) is 0 Å². The third kappa shape index (κ3) is 4.51. The van der Waals surface area contributed by atoms with Gasteiger partial charge in [0.1, 0.15) is 5.75 Å². The van der Waals surface area contributed by atoms with Gasteiger partial charge in [-0.3, -0.25) is 0 Å². The molecule has 0 fully saturated rings. The van der Waals surface area contributed by atoms with Crippen LogP contribution in [0.5, 0.6) is 5.75 Å². The smallest absolute Gasteiger partial charge is 0.387 e. The fraction of sp³-hybridized carbons (Fsp3) is 0.200. The van der Waals surface area contributed by atoms with E-state index in [0.717, 1.165) is 10.5 Å². The van der Waals surface area contributed by atoms with Crippen LogP contribution in [-0.2, 0) is 5.75 Å². The second-order valence-corrected chi connectivity index (χ2v) is 5.90. The lowest BCUT2D eigenvalue weighted by Gasteiger charge is -2.12. The van der Waals surface area contributed by atoms with E-state index in [2.05, 4.69) is 4.74 Å². The summed E-state index contributed by atoms with van der Waals surface area (Å²) in [5.74, 6) is 0.628. The van der Waals surface area contributed by atoms with E-state index in [0.29, 0.717) is 22.0 Å². The Morgan fingerprint density at radius 3 is 2.67 bits per heavy atom. The maximum absolute atomic E-state index is 12.4. The van der Waals surface area contributed by atoms with Gasteiger partial charge in [-0.1, -0.05) is 11.6 Å². The molecule has 2 N–H and O–H groups in total. The number of hydrogen-bond acceptors (Lipinski definition) is 3. The highest BCUT2D eigenvalue weighted by atomic mass is 35.5. The molecule has 0 amide bonds. The summed E-state index contributed by atoms with van der Waals surface area (Å²) >= 11 is 7.44. The molecule has 112 valence electrons. The van der Waals surface area contributed by atoms with Crippen molar-refractivity contribution in [2.75, 3.05) is 5.73 Å². The number of nitrogen functional groups attached to an aromatic ring is 1. The van der Waals surface area contributed by atoms with Gasteiger partial charge in [0.15, 0.2) is 0 Å². The lowest BCUT2D eigenvalue weighted by atomic mass is 10.2. The molecule has 0 radical (unpaired) electrons. The van der Waals surface area contributed by atoms with Gasteiger partial charge in [-0.2, -0.15) is 8.78 Å². The third-order valence-corrected chi connectivity index (χ3v) is 4.28. The number of thioether (sulfide) groups is 1. The van der Waals surface area contributed by atoms with Gasteiger partial charge >= 0.3 is 6.61 Å². The largest absolute Gasteiger partial charge is 0.435 e. The molecular formula is C15H14ClF2NOS. The molecule has 0 aromatic heterocycles. The first-order valence-electron chi connectivity index (χ1n) is 6.18. The summed E-state index contributed by atoms with van der Waals surface area (Å²) < 4.78 is 29.3. The molecule has 2 aromatic carbocycles.